The van der Waals surface area contributed by atoms with Gasteiger partial charge in [-0.25, -0.2) is 0 Å². The Labute approximate surface area is 85.2 Å². The fraction of sp³-hybridized carbons (Fsp3) is 0. The van der Waals surface area contributed by atoms with Crippen LogP contribution in [0.4, 0.5) is 8.78 Å². The molecule has 0 atom stereocenters. The van der Waals surface area contributed by atoms with Gasteiger partial charge in [0.25, 0.3) is 0 Å². The largest absolute Gasteiger partial charge is 0.486 e. The van der Waals surface area contributed by atoms with Crippen LogP contribution in [0, 0.1) is 6.43 Å². The van der Waals surface area contributed by atoms with Crippen LogP contribution in [0.1, 0.15) is 5.56 Å². The van der Waals surface area contributed by atoms with Gasteiger partial charge in [-0.3, -0.25) is 8.78 Å². The molecular formula is C7H6BF2FeO2-. The van der Waals surface area contributed by atoms with Crippen LogP contribution >= 0.6 is 0 Å². The van der Waals surface area contributed by atoms with E-state index in [0.717, 1.165) is 12.1 Å². The van der Waals surface area contributed by atoms with Crippen LogP contribution in [-0.2, 0) is 17.1 Å². The molecule has 0 unspecified atom stereocenters. The molecule has 0 bridgehead atoms. The van der Waals surface area contributed by atoms with E-state index in [4.69, 9.17) is 10.0 Å². The van der Waals surface area contributed by atoms with E-state index in [0.29, 0.717) is 0 Å². The van der Waals surface area contributed by atoms with Crippen molar-refractivity contribution in [2.24, 2.45) is 0 Å². The maximum absolute atomic E-state index is 11.9. The normalized spacial score (nSPS) is 8.92. The number of rotatable bonds is 2. The van der Waals surface area contributed by atoms with Gasteiger partial charge in [0.2, 0.25) is 0 Å². The molecule has 0 saturated heterocycles. The van der Waals surface area contributed by atoms with Gasteiger partial charge in [0.15, 0.2) is 6.43 Å². The topological polar surface area (TPSA) is 40.5 Å². The third-order valence-electron chi connectivity index (χ3n) is 1.43. The van der Waals surface area contributed by atoms with Crippen LogP contribution < -0.4 is 5.46 Å². The molecule has 1 aromatic carbocycles. The Morgan fingerprint density at radius 3 is 1.85 bits per heavy atom. The third-order valence-corrected chi connectivity index (χ3v) is 1.43. The predicted molar refractivity (Wildman–Crippen MR) is 40.8 cm³/mol. The Kier molecular flexibility index (Phi) is 5.02. The first kappa shape index (κ1) is 12.5. The number of benzene rings is 1. The first-order chi connectivity index (χ1) is 5.61. The van der Waals surface area contributed by atoms with E-state index >= 15 is 0 Å². The standard InChI is InChI=1S/C7H6BF2O2.Fe/c9-7(10)5-1-3-6(4-2-5)8(11)12;/h1-4,11-12H;/q-1;. The van der Waals surface area contributed by atoms with Gasteiger partial charge >= 0.3 is 7.12 Å². The van der Waals surface area contributed by atoms with Crippen molar-refractivity contribution in [3.8, 4) is 0 Å². The van der Waals surface area contributed by atoms with Crippen molar-refractivity contribution in [2.45, 2.75) is 0 Å². The molecule has 0 amide bonds. The minimum Gasteiger partial charge on any atom is -0.423 e. The van der Waals surface area contributed by atoms with Crippen molar-refractivity contribution in [3.63, 3.8) is 0 Å². The zero-order valence-corrected chi connectivity index (χ0v) is 7.49. The van der Waals surface area contributed by atoms with E-state index in [1.54, 1.807) is 0 Å². The van der Waals surface area contributed by atoms with Crippen LogP contribution in [0.15, 0.2) is 24.3 Å². The van der Waals surface area contributed by atoms with E-state index in [-0.39, 0.29) is 28.1 Å². The summed E-state index contributed by atoms with van der Waals surface area (Å²) in [5.74, 6) is 0. The number of halogens is 2. The summed E-state index contributed by atoms with van der Waals surface area (Å²) in [6, 6.07) is 4.73. The Hall–Kier alpha value is -0.546. The molecule has 6 heteroatoms. The Balaban J connectivity index is 0.00000144. The molecule has 1 aromatic rings. The average Bonchev–Trinajstić information content (AvgIpc) is 2.04. The van der Waals surface area contributed by atoms with Gasteiger partial charge in [-0.05, 0) is 5.46 Å². The maximum Gasteiger partial charge on any atom is 0.486 e. The summed E-state index contributed by atoms with van der Waals surface area (Å²) < 4.78 is 23.8. The quantitative estimate of drug-likeness (QED) is 0.557. The van der Waals surface area contributed by atoms with Crippen molar-refractivity contribution in [1.82, 2.24) is 0 Å². The second kappa shape index (κ2) is 5.24. The molecule has 0 aliphatic heterocycles. The third kappa shape index (κ3) is 3.36. The molecule has 0 heterocycles. The SMILES string of the molecule is OB(O)c1ccc([C-](F)F)cc1.[Fe]. The van der Waals surface area contributed by atoms with Gasteiger partial charge in [0.05, 0.1) is 0 Å². The summed E-state index contributed by atoms with van der Waals surface area (Å²) in [7, 11) is -1.61. The summed E-state index contributed by atoms with van der Waals surface area (Å²) in [5.41, 5.74) is -0.0144. The minimum absolute atomic E-state index is 0. The molecule has 0 radical (unpaired) electrons. The molecule has 0 aromatic heterocycles. The zero-order valence-electron chi connectivity index (χ0n) is 6.39. The molecule has 0 aliphatic rings. The van der Waals surface area contributed by atoms with Gasteiger partial charge in [-0.1, -0.05) is 0 Å². The molecule has 13 heavy (non-hydrogen) atoms. The molecule has 2 nitrogen and oxygen atoms in total. The second-order valence-electron chi connectivity index (χ2n) is 2.26. The first-order valence-corrected chi connectivity index (χ1v) is 3.25. The van der Waals surface area contributed by atoms with Crippen LogP contribution in [0.3, 0.4) is 0 Å². The maximum atomic E-state index is 11.9. The van der Waals surface area contributed by atoms with Crippen molar-refractivity contribution in [1.29, 1.82) is 0 Å². The number of hydrogen-bond donors (Lipinski definition) is 2. The molecule has 0 aliphatic carbocycles. The second-order valence-corrected chi connectivity index (χ2v) is 2.26. The summed E-state index contributed by atoms with van der Waals surface area (Å²) >= 11 is 0. The van der Waals surface area contributed by atoms with Crippen LogP contribution in [0.25, 0.3) is 0 Å². The molecule has 72 valence electrons. The molecule has 1 rings (SSSR count). The van der Waals surface area contributed by atoms with Gasteiger partial charge in [0.1, 0.15) is 0 Å². The van der Waals surface area contributed by atoms with Gasteiger partial charge in [0, 0.05) is 17.1 Å². The molecular weight excluding hydrogens is 221 g/mol. The Morgan fingerprint density at radius 2 is 1.54 bits per heavy atom. The van der Waals surface area contributed by atoms with Crippen LogP contribution in [0.2, 0.25) is 0 Å². The first-order valence-electron chi connectivity index (χ1n) is 3.25. The molecule has 2 N–H and O–H groups in total. The molecule has 0 fully saturated rings. The summed E-state index contributed by atoms with van der Waals surface area (Å²) in [5, 5.41) is 17.2. The average molecular weight is 227 g/mol. The van der Waals surface area contributed by atoms with Gasteiger partial charge in [-0.2, -0.15) is 12.1 Å². The van der Waals surface area contributed by atoms with Crippen molar-refractivity contribution >= 4 is 12.6 Å². The van der Waals surface area contributed by atoms with Crippen molar-refractivity contribution < 1.29 is 35.9 Å². The Bertz CT molecular complexity index is 226. The zero-order chi connectivity index (χ0) is 9.14. The van der Waals surface area contributed by atoms with Crippen molar-refractivity contribution in [3.05, 3.63) is 36.3 Å². The van der Waals surface area contributed by atoms with E-state index < -0.39 is 13.5 Å². The predicted octanol–water partition coefficient (Wildman–Crippen LogP) is 0.140. The van der Waals surface area contributed by atoms with E-state index in [1.165, 1.54) is 12.1 Å². The summed E-state index contributed by atoms with van der Waals surface area (Å²) in [6.07, 6.45) is -1.78. The molecule has 0 spiro atoms. The summed E-state index contributed by atoms with van der Waals surface area (Å²) in [6.45, 7) is 0. The fourth-order valence-corrected chi connectivity index (χ4v) is 0.781. The minimum atomic E-state index is -1.78. The fourth-order valence-electron chi connectivity index (χ4n) is 0.781. The van der Waals surface area contributed by atoms with Crippen molar-refractivity contribution in [2.75, 3.05) is 0 Å². The summed E-state index contributed by atoms with van der Waals surface area (Å²) in [4.78, 5) is 0. The van der Waals surface area contributed by atoms with Gasteiger partial charge in [-0.15, -0.1) is 17.7 Å². The number of hydrogen-bond acceptors (Lipinski definition) is 2. The Morgan fingerprint density at radius 1 is 1.08 bits per heavy atom. The van der Waals surface area contributed by atoms with Crippen LogP contribution in [-0.4, -0.2) is 17.2 Å². The van der Waals surface area contributed by atoms with Gasteiger partial charge < -0.3 is 10.0 Å². The monoisotopic (exact) mass is 227 g/mol. The van der Waals surface area contributed by atoms with E-state index in [2.05, 4.69) is 0 Å². The van der Waals surface area contributed by atoms with E-state index in [9.17, 15) is 8.78 Å². The molecule has 0 saturated carbocycles. The smallest absolute Gasteiger partial charge is 0.423 e. The van der Waals surface area contributed by atoms with E-state index in [1.807, 2.05) is 0 Å². The van der Waals surface area contributed by atoms with Crippen LogP contribution in [0.5, 0.6) is 0 Å².